The number of ether oxygens (including phenoxy) is 3. The van der Waals surface area contributed by atoms with Crippen LogP contribution in [0.1, 0.15) is 18.4 Å². The van der Waals surface area contributed by atoms with Gasteiger partial charge in [-0.2, -0.15) is 0 Å². The number of aromatic nitrogens is 2. The lowest BCUT2D eigenvalue weighted by atomic mass is 10.0. The Hall–Kier alpha value is -2.99. The molecule has 0 spiro atoms. The maximum absolute atomic E-state index is 6.26. The number of piperidine rings is 1. The van der Waals surface area contributed by atoms with E-state index >= 15 is 0 Å². The van der Waals surface area contributed by atoms with E-state index in [0.717, 1.165) is 78.9 Å². The summed E-state index contributed by atoms with van der Waals surface area (Å²) in [5.74, 6) is 4.09. The molecule has 1 saturated heterocycles. The molecule has 0 bridgehead atoms. The van der Waals surface area contributed by atoms with Crippen molar-refractivity contribution < 1.29 is 14.2 Å². The summed E-state index contributed by atoms with van der Waals surface area (Å²) in [4.78, 5) is 18.9. The molecule has 0 saturated carbocycles. The van der Waals surface area contributed by atoms with Crippen LogP contribution < -0.4 is 24.4 Å². The van der Waals surface area contributed by atoms with E-state index < -0.39 is 0 Å². The minimum Gasteiger partial charge on any atom is -0.493 e. The van der Waals surface area contributed by atoms with Crippen LogP contribution in [0.15, 0.2) is 35.5 Å². The molecule has 11 heteroatoms. The fourth-order valence-corrected chi connectivity index (χ4v) is 6.14. The van der Waals surface area contributed by atoms with E-state index in [-0.39, 0.29) is 0 Å². The molecule has 43 heavy (non-hydrogen) atoms. The third-order valence-electron chi connectivity index (χ3n) is 7.65. The number of hydrogen-bond acceptors (Lipinski definition) is 11. The Bertz CT molecular complexity index is 1330. The summed E-state index contributed by atoms with van der Waals surface area (Å²) in [6.45, 7) is 5.34. The standard InChI is InChI=1S/C32H49N7O3S/c1-36(2)16-18-42-28-11-9-10-27(38(5)6)25(28)22-39-14-12-23(13-15-39)33-31-24-20-29(40-7)30(41-8)21-26(24)34-32(35-31)43-19-17-37(3)4/h9-11,20-21,23H,12-19,22H2,1-8H3,(H,33,34,35). The molecule has 0 radical (unpaired) electrons. The van der Waals surface area contributed by atoms with Gasteiger partial charge in [0, 0.05) is 81.3 Å². The highest BCUT2D eigenvalue weighted by atomic mass is 32.2. The third-order valence-corrected chi connectivity index (χ3v) is 8.47. The number of anilines is 2. The molecule has 0 unspecified atom stereocenters. The normalized spacial score (nSPS) is 14.5. The van der Waals surface area contributed by atoms with Crippen molar-refractivity contribution in [3.63, 3.8) is 0 Å². The van der Waals surface area contributed by atoms with Gasteiger partial charge >= 0.3 is 0 Å². The van der Waals surface area contributed by atoms with E-state index in [9.17, 15) is 0 Å². The number of nitrogens with one attached hydrogen (secondary N) is 1. The molecule has 1 fully saturated rings. The summed E-state index contributed by atoms with van der Waals surface area (Å²) in [5.41, 5.74) is 3.31. The zero-order chi connectivity index (χ0) is 30.9. The van der Waals surface area contributed by atoms with E-state index in [2.05, 4.69) is 85.4 Å². The van der Waals surface area contributed by atoms with Crippen LogP contribution in [0.3, 0.4) is 0 Å². The molecule has 236 valence electrons. The highest BCUT2D eigenvalue weighted by Crippen LogP contribution is 2.36. The first-order chi connectivity index (χ1) is 20.7. The molecule has 1 aliphatic rings. The van der Waals surface area contributed by atoms with Crippen molar-refractivity contribution in [2.45, 2.75) is 30.6 Å². The van der Waals surface area contributed by atoms with Gasteiger partial charge in [-0.25, -0.2) is 9.97 Å². The van der Waals surface area contributed by atoms with E-state index in [1.165, 1.54) is 11.3 Å². The average Bonchev–Trinajstić information content (AvgIpc) is 2.97. The summed E-state index contributed by atoms with van der Waals surface area (Å²) in [6, 6.07) is 10.6. The SMILES string of the molecule is COc1cc2nc(SCCN(C)C)nc(NC3CCN(Cc4c(OCCN(C)C)cccc4N(C)C)CC3)c2cc1OC. The smallest absolute Gasteiger partial charge is 0.190 e. The van der Waals surface area contributed by atoms with Crippen molar-refractivity contribution in [2.75, 3.05) is 105 Å². The fourth-order valence-electron chi connectivity index (χ4n) is 5.19. The van der Waals surface area contributed by atoms with Crippen molar-refractivity contribution in [1.82, 2.24) is 24.7 Å². The highest BCUT2D eigenvalue weighted by molar-refractivity contribution is 7.99. The van der Waals surface area contributed by atoms with Gasteiger partial charge in [0.15, 0.2) is 16.7 Å². The second kappa shape index (κ2) is 15.7. The van der Waals surface area contributed by atoms with Crippen LogP contribution in [0.5, 0.6) is 17.2 Å². The van der Waals surface area contributed by atoms with Crippen molar-refractivity contribution >= 4 is 34.2 Å². The van der Waals surface area contributed by atoms with Crippen LogP contribution in [0.2, 0.25) is 0 Å². The summed E-state index contributed by atoms with van der Waals surface area (Å²) < 4.78 is 17.4. The van der Waals surface area contributed by atoms with Gasteiger partial charge in [0.05, 0.1) is 19.7 Å². The van der Waals surface area contributed by atoms with Crippen molar-refractivity contribution in [3.8, 4) is 17.2 Å². The predicted molar refractivity (Wildman–Crippen MR) is 179 cm³/mol. The molecule has 2 aromatic carbocycles. The lowest BCUT2D eigenvalue weighted by Gasteiger charge is -2.34. The van der Waals surface area contributed by atoms with Gasteiger partial charge in [-0.3, -0.25) is 4.90 Å². The number of likely N-dealkylation sites (tertiary alicyclic amines) is 1. The number of methoxy groups -OCH3 is 2. The molecule has 0 aliphatic carbocycles. The number of nitrogens with zero attached hydrogens (tertiary/aromatic N) is 6. The number of rotatable bonds is 15. The summed E-state index contributed by atoms with van der Waals surface area (Å²) in [5, 5.41) is 5.49. The minimum absolute atomic E-state index is 0.307. The number of fused-ring (bicyclic) bond motifs is 1. The van der Waals surface area contributed by atoms with Crippen LogP contribution in [0, 0.1) is 0 Å². The second-order valence-corrected chi connectivity index (χ2v) is 12.8. The van der Waals surface area contributed by atoms with Gasteiger partial charge in [-0.15, -0.1) is 0 Å². The molecule has 0 atom stereocenters. The monoisotopic (exact) mass is 611 g/mol. The van der Waals surface area contributed by atoms with Gasteiger partial charge in [-0.05, 0) is 59.2 Å². The van der Waals surface area contributed by atoms with E-state index in [4.69, 9.17) is 24.2 Å². The van der Waals surface area contributed by atoms with Crippen molar-refractivity contribution in [3.05, 3.63) is 35.9 Å². The lowest BCUT2D eigenvalue weighted by molar-refractivity contribution is 0.205. The van der Waals surface area contributed by atoms with E-state index in [1.807, 2.05) is 12.1 Å². The topological polar surface area (TPSA) is 78.5 Å². The second-order valence-electron chi connectivity index (χ2n) is 11.7. The van der Waals surface area contributed by atoms with Crippen LogP contribution in [0.25, 0.3) is 10.9 Å². The Labute approximate surface area is 261 Å². The molecule has 1 N–H and O–H groups in total. The van der Waals surface area contributed by atoms with Gasteiger partial charge in [0.1, 0.15) is 18.2 Å². The van der Waals surface area contributed by atoms with E-state index in [0.29, 0.717) is 24.1 Å². The molecule has 1 aromatic heterocycles. The highest BCUT2D eigenvalue weighted by Gasteiger charge is 2.24. The number of thioether (sulfide) groups is 1. The number of hydrogen-bond donors (Lipinski definition) is 1. The Morgan fingerprint density at radius 3 is 2.26 bits per heavy atom. The van der Waals surface area contributed by atoms with Crippen molar-refractivity contribution in [1.29, 1.82) is 0 Å². The molecule has 10 nitrogen and oxygen atoms in total. The van der Waals surface area contributed by atoms with Crippen LogP contribution in [-0.2, 0) is 6.54 Å². The van der Waals surface area contributed by atoms with Gasteiger partial charge in [0.2, 0.25) is 0 Å². The third kappa shape index (κ3) is 9.01. The zero-order valence-corrected chi connectivity index (χ0v) is 28.0. The maximum Gasteiger partial charge on any atom is 0.190 e. The van der Waals surface area contributed by atoms with Crippen LogP contribution >= 0.6 is 11.8 Å². The first kappa shape index (κ1) is 32.9. The van der Waals surface area contributed by atoms with Crippen molar-refractivity contribution in [2.24, 2.45) is 0 Å². The van der Waals surface area contributed by atoms with Gasteiger partial charge in [-0.1, -0.05) is 17.8 Å². The minimum atomic E-state index is 0.307. The number of likely N-dealkylation sites (N-methyl/N-ethyl adjacent to an activating group) is 1. The Morgan fingerprint density at radius 2 is 1.60 bits per heavy atom. The van der Waals surface area contributed by atoms with Gasteiger partial charge < -0.3 is 34.2 Å². The molecular formula is C32H49N7O3S. The largest absolute Gasteiger partial charge is 0.493 e. The quantitative estimate of drug-likeness (QED) is 0.197. The molecule has 0 amide bonds. The maximum atomic E-state index is 6.26. The Balaban J connectivity index is 1.49. The van der Waals surface area contributed by atoms with Gasteiger partial charge in [0.25, 0.3) is 0 Å². The number of benzene rings is 2. The average molecular weight is 612 g/mol. The fraction of sp³-hybridized carbons (Fsp3) is 0.562. The molecule has 3 aromatic rings. The Kier molecular flexibility index (Phi) is 12.0. The Morgan fingerprint density at radius 1 is 0.907 bits per heavy atom. The summed E-state index contributed by atoms with van der Waals surface area (Å²) in [7, 11) is 15.8. The lowest BCUT2D eigenvalue weighted by Crippen LogP contribution is -2.39. The first-order valence-corrected chi connectivity index (χ1v) is 15.9. The predicted octanol–water partition coefficient (Wildman–Crippen LogP) is 4.38. The molecule has 2 heterocycles. The molecule has 1 aliphatic heterocycles. The van der Waals surface area contributed by atoms with E-state index in [1.54, 1.807) is 26.0 Å². The molecule has 4 rings (SSSR count). The zero-order valence-electron chi connectivity index (χ0n) is 27.1. The van der Waals surface area contributed by atoms with Crippen LogP contribution in [0.4, 0.5) is 11.5 Å². The molecular weight excluding hydrogens is 562 g/mol. The van der Waals surface area contributed by atoms with Crippen LogP contribution in [-0.4, -0.2) is 126 Å². The first-order valence-electron chi connectivity index (χ1n) is 15.0. The summed E-state index contributed by atoms with van der Waals surface area (Å²) >= 11 is 1.67. The summed E-state index contributed by atoms with van der Waals surface area (Å²) in [6.07, 6.45) is 2.03.